The van der Waals surface area contributed by atoms with E-state index < -0.39 is 37.9 Å². The SMILES string of the molecule is COC(=O)[I-]N=C(SC)C(=Nc1ccc(-c2noc(C)n2)cc1)c1cc(OC)cc(OCCF)c1F. The molecule has 0 radical (unpaired) electrons. The Kier molecular flexibility index (Phi) is 10.2. The van der Waals surface area contributed by atoms with E-state index in [-0.39, 0.29) is 29.4 Å². The zero-order valence-electron chi connectivity index (χ0n) is 19.8. The Morgan fingerprint density at radius 1 is 1.22 bits per heavy atom. The van der Waals surface area contributed by atoms with Gasteiger partial charge in [-0.05, 0) is 0 Å². The van der Waals surface area contributed by atoms with Crippen LogP contribution in [0.25, 0.3) is 11.4 Å². The summed E-state index contributed by atoms with van der Waals surface area (Å²) in [5.74, 6) is 0.175. The van der Waals surface area contributed by atoms with Gasteiger partial charge in [-0.25, -0.2) is 0 Å². The van der Waals surface area contributed by atoms with Gasteiger partial charge in [0.1, 0.15) is 0 Å². The van der Waals surface area contributed by atoms with Crippen LogP contribution in [0.15, 0.2) is 49.1 Å². The minimum absolute atomic E-state index is 0.0167. The summed E-state index contributed by atoms with van der Waals surface area (Å²) in [6, 6.07) is 9.66. The van der Waals surface area contributed by atoms with Crippen LogP contribution in [0.4, 0.5) is 19.3 Å². The van der Waals surface area contributed by atoms with Gasteiger partial charge in [0.2, 0.25) is 0 Å². The summed E-state index contributed by atoms with van der Waals surface area (Å²) < 4.78 is 52.5. The molecule has 13 heteroatoms. The number of carbonyl (C=O) groups is 1. The molecular weight excluding hydrogens is 609 g/mol. The van der Waals surface area contributed by atoms with E-state index in [0.717, 1.165) is 0 Å². The molecule has 0 aliphatic heterocycles. The predicted molar refractivity (Wildman–Crippen MR) is 128 cm³/mol. The van der Waals surface area contributed by atoms with E-state index >= 15 is 4.39 Å². The molecule has 3 rings (SSSR count). The fourth-order valence-corrected chi connectivity index (χ4v) is 4.93. The number of carbonyl (C=O) groups excluding carboxylic acids is 1. The number of aryl methyl sites for hydroxylation is 1. The first-order chi connectivity index (χ1) is 17.4. The molecule has 0 unspecified atom stereocenters. The third-order valence-electron chi connectivity index (χ3n) is 4.48. The van der Waals surface area contributed by atoms with Crippen LogP contribution in [-0.2, 0) is 4.74 Å². The number of hydrogen-bond donors (Lipinski definition) is 0. The third kappa shape index (κ3) is 7.00. The number of hydrogen-bond acceptors (Lipinski definition) is 10. The van der Waals surface area contributed by atoms with Crippen LogP contribution in [0.3, 0.4) is 0 Å². The second-order valence-corrected chi connectivity index (χ2v) is 9.43. The van der Waals surface area contributed by atoms with Crippen LogP contribution in [-0.4, -0.2) is 58.6 Å². The Balaban J connectivity index is 2.14. The van der Waals surface area contributed by atoms with Gasteiger partial charge < -0.3 is 0 Å². The molecule has 0 spiro atoms. The number of thioether (sulfide) groups is 1. The predicted octanol–water partition coefficient (Wildman–Crippen LogP) is 2.19. The van der Waals surface area contributed by atoms with Crippen molar-refractivity contribution in [2.45, 2.75) is 6.92 Å². The molecule has 1 heterocycles. The molecule has 3 aromatic rings. The molecule has 1 aromatic heterocycles. The quantitative estimate of drug-likeness (QED) is 0.145. The maximum absolute atomic E-state index is 15.6. The Labute approximate surface area is 221 Å². The summed E-state index contributed by atoms with van der Waals surface area (Å²) in [7, 11) is 2.69. The van der Waals surface area contributed by atoms with Crippen LogP contribution in [0.2, 0.25) is 0 Å². The van der Waals surface area contributed by atoms with E-state index in [1.54, 1.807) is 37.4 Å². The van der Waals surface area contributed by atoms with E-state index in [9.17, 15) is 9.18 Å². The van der Waals surface area contributed by atoms with Gasteiger partial charge in [-0.2, -0.15) is 0 Å². The van der Waals surface area contributed by atoms with Crippen molar-refractivity contribution in [2.75, 3.05) is 33.8 Å². The van der Waals surface area contributed by atoms with Crippen LogP contribution in [0.1, 0.15) is 11.5 Å². The number of alkyl halides is 1. The zero-order chi connectivity index (χ0) is 26.1. The Morgan fingerprint density at radius 2 is 1.97 bits per heavy atom. The molecule has 0 bridgehead atoms. The van der Waals surface area contributed by atoms with Gasteiger partial charge in [0.05, 0.1) is 0 Å². The average molecular weight is 631 g/mol. The topological polar surface area (TPSA) is 108 Å². The van der Waals surface area contributed by atoms with Gasteiger partial charge in [0, 0.05) is 0 Å². The third-order valence-corrected chi connectivity index (χ3v) is 7.03. The van der Waals surface area contributed by atoms with Crippen molar-refractivity contribution in [1.29, 1.82) is 0 Å². The Morgan fingerprint density at radius 3 is 2.56 bits per heavy atom. The number of ether oxygens (including phenoxy) is 3. The molecule has 0 aliphatic carbocycles. The Bertz CT molecular complexity index is 1270. The van der Waals surface area contributed by atoms with Crippen molar-refractivity contribution in [2.24, 2.45) is 8.20 Å². The fraction of sp³-hybridized carbons (Fsp3) is 0.261. The summed E-state index contributed by atoms with van der Waals surface area (Å²) in [4.78, 5) is 20.6. The molecule has 9 nitrogen and oxygen atoms in total. The molecule has 0 N–H and O–H groups in total. The number of benzene rings is 2. The number of nitrogens with zero attached hydrogens (tertiary/aromatic N) is 4. The standard InChI is InChI=1S/C23H22F2IN4O5S/c1-13-27-21(30-35-13)14-5-7-15(8-6-14)28-20(22(36-4)29-26-23(31)33-3)17-11-16(32-2)12-18(19(17)25)34-10-9-24/h5-8,11-12H,9-10H2,1-4H3/q-1. The molecule has 0 atom stereocenters. The fourth-order valence-electron chi connectivity index (χ4n) is 2.85. The van der Waals surface area contributed by atoms with Crippen LogP contribution >= 0.6 is 11.8 Å². The van der Waals surface area contributed by atoms with E-state index in [1.165, 1.54) is 38.1 Å². The van der Waals surface area contributed by atoms with Crippen molar-refractivity contribution in [3.8, 4) is 22.9 Å². The molecule has 0 amide bonds. The van der Waals surface area contributed by atoms with Gasteiger partial charge in [-0.3, -0.25) is 0 Å². The van der Waals surface area contributed by atoms with Gasteiger partial charge >= 0.3 is 222 Å². The second-order valence-electron chi connectivity index (χ2n) is 6.79. The van der Waals surface area contributed by atoms with E-state index in [2.05, 4.69) is 18.3 Å². The first kappa shape index (κ1) is 27.5. The average Bonchev–Trinajstić information content (AvgIpc) is 3.34. The first-order valence-corrected chi connectivity index (χ1v) is 13.6. The normalized spacial score (nSPS) is 12.1. The monoisotopic (exact) mass is 631 g/mol. The van der Waals surface area contributed by atoms with Gasteiger partial charge in [0.25, 0.3) is 0 Å². The van der Waals surface area contributed by atoms with Crippen LogP contribution < -0.4 is 31.0 Å². The zero-order valence-corrected chi connectivity index (χ0v) is 22.7. The number of rotatable bonds is 10. The van der Waals surface area contributed by atoms with Gasteiger partial charge in [-0.15, -0.1) is 0 Å². The maximum atomic E-state index is 15.6. The molecule has 0 saturated heterocycles. The van der Waals surface area contributed by atoms with Crippen LogP contribution in [0, 0.1) is 12.7 Å². The van der Waals surface area contributed by atoms with Gasteiger partial charge in [0.15, 0.2) is 0 Å². The van der Waals surface area contributed by atoms with E-state index in [1.807, 2.05) is 0 Å². The summed E-state index contributed by atoms with van der Waals surface area (Å²) >= 11 is -0.204. The van der Waals surface area contributed by atoms with Crippen molar-refractivity contribution < 1.29 is 53.8 Å². The number of halogens is 3. The summed E-state index contributed by atoms with van der Waals surface area (Å²) in [6.45, 7) is 0.570. The van der Waals surface area contributed by atoms with Crippen molar-refractivity contribution in [3.05, 3.63) is 53.7 Å². The summed E-state index contributed by atoms with van der Waals surface area (Å²) in [6.07, 6.45) is 1.73. The Hall–Kier alpha value is -3.07. The number of aromatic nitrogens is 2. The van der Waals surface area contributed by atoms with E-state index in [0.29, 0.717) is 28.0 Å². The summed E-state index contributed by atoms with van der Waals surface area (Å²) in [5.41, 5.74) is 1.34. The first-order valence-electron chi connectivity index (χ1n) is 10.3. The molecule has 0 fully saturated rings. The molecule has 36 heavy (non-hydrogen) atoms. The molecule has 192 valence electrons. The number of methoxy groups -OCH3 is 2. The van der Waals surface area contributed by atoms with E-state index in [4.69, 9.17) is 18.7 Å². The van der Waals surface area contributed by atoms with Crippen LogP contribution in [0.5, 0.6) is 11.5 Å². The van der Waals surface area contributed by atoms with Gasteiger partial charge in [-0.1, -0.05) is 0 Å². The molecular formula is C23H22F2IN4O5S-. The number of aliphatic imine (C=N–C) groups is 1. The van der Waals surface area contributed by atoms with Crippen molar-refractivity contribution in [3.63, 3.8) is 0 Å². The molecule has 0 saturated carbocycles. The second kappa shape index (κ2) is 13.3. The molecule has 0 aliphatic rings. The molecule has 2 aromatic carbocycles. The van der Waals surface area contributed by atoms with Crippen molar-refractivity contribution >= 4 is 32.2 Å². The van der Waals surface area contributed by atoms with Crippen molar-refractivity contribution in [1.82, 2.24) is 10.1 Å². The summed E-state index contributed by atoms with van der Waals surface area (Å²) in [5, 5.41) is 4.21. The minimum atomic E-state index is -1.40.